The van der Waals surface area contributed by atoms with E-state index in [1.807, 2.05) is 0 Å². The molecule has 1 fully saturated rings. The van der Waals surface area contributed by atoms with E-state index in [1.54, 1.807) is 31.6 Å². The highest BCUT2D eigenvalue weighted by molar-refractivity contribution is 5.59. The van der Waals surface area contributed by atoms with Gasteiger partial charge in [-0.05, 0) is 38.9 Å². The molecule has 0 aliphatic carbocycles. The quantitative estimate of drug-likeness (QED) is 0.811. The summed E-state index contributed by atoms with van der Waals surface area (Å²) in [6, 6.07) is 4.60. The van der Waals surface area contributed by atoms with Crippen LogP contribution in [0.5, 0.6) is 17.5 Å². The molecule has 1 saturated heterocycles. The van der Waals surface area contributed by atoms with E-state index >= 15 is 0 Å². The topological polar surface area (TPSA) is 61.1 Å². The molecule has 1 aliphatic heterocycles. The fourth-order valence-corrected chi connectivity index (χ4v) is 3.63. The van der Waals surface area contributed by atoms with Crippen LogP contribution in [0, 0.1) is 19.7 Å². The standard InChI is InChI=1S/C20H28FN3O3/c1-14-15(2)20(26)24(19(14)25)8-4-7-22-9-11-23(12-10-22)17-13-16(21)5-6-18(17)27-3/h5-6,13,25-26H,4,7-12H2,1-3H3. The van der Waals surface area contributed by atoms with Gasteiger partial charge in [0.1, 0.15) is 11.6 Å². The number of aromatic hydroxyl groups is 2. The van der Waals surface area contributed by atoms with E-state index < -0.39 is 0 Å². The Morgan fingerprint density at radius 3 is 2.22 bits per heavy atom. The Morgan fingerprint density at radius 2 is 1.63 bits per heavy atom. The fourth-order valence-electron chi connectivity index (χ4n) is 3.63. The summed E-state index contributed by atoms with van der Waals surface area (Å²) in [7, 11) is 1.60. The summed E-state index contributed by atoms with van der Waals surface area (Å²) in [5, 5.41) is 20.2. The second-order valence-corrected chi connectivity index (χ2v) is 7.05. The summed E-state index contributed by atoms with van der Waals surface area (Å²) >= 11 is 0. The summed E-state index contributed by atoms with van der Waals surface area (Å²) in [4.78, 5) is 4.49. The van der Waals surface area contributed by atoms with Gasteiger partial charge in [-0.25, -0.2) is 4.39 Å². The molecule has 0 unspecified atom stereocenters. The van der Waals surface area contributed by atoms with Crippen LogP contribution < -0.4 is 9.64 Å². The van der Waals surface area contributed by atoms with E-state index in [9.17, 15) is 14.6 Å². The molecule has 2 aromatic rings. The van der Waals surface area contributed by atoms with Crippen LogP contribution in [0.4, 0.5) is 10.1 Å². The van der Waals surface area contributed by atoms with Gasteiger partial charge in [-0.3, -0.25) is 9.47 Å². The van der Waals surface area contributed by atoms with E-state index in [1.165, 1.54) is 12.1 Å². The minimum absolute atomic E-state index is 0.146. The van der Waals surface area contributed by atoms with Crippen LogP contribution >= 0.6 is 0 Å². The molecule has 0 atom stereocenters. The number of ether oxygens (including phenoxy) is 1. The number of methoxy groups -OCH3 is 1. The van der Waals surface area contributed by atoms with E-state index in [-0.39, 0.29) is 17.6 Å². The third-order valence-electron chi connectivity index (χ3n) is 5.45. The Kier molecular flexibility index (Phi) is 5.79. The van der Waals surface area contributed by atoms with Crippen LogP contribution in [0.15, 0.2) is 18.2 Å². The van der Waals surface area contributed by atoms with Crippen molar-refractivity contribution in [2.75, 3.05) is 44.7 Å². The normalized spacial score (nSPS) is 15.3. The molecule has 0 radical (unpaired) electrons. The molecule has 0 spiro atoms. The highest BCUT2D eigenvalue weighted by atomic mass is 19.1. The predicted molar refractivity (Wildman–Crippen MR) is 103 cm³/mol. The number of hydrogen-bond acceptors (Lipinski definition) is 5. The zero-order valence-electron chi connectivity index (χ0n) is 16.2. The highest BCUT2D eigenvalue weighted by Gasteiger charge is 2.21. The van der Waals surface area contributed by atoms with Crippen molar-refractivity contribution in [2.45, 2.75) is 26.8 Å². The molecule has 0 amide bonds. The zero-order chi connectivity index (χ0) is 19.6. The van der Waals surface area contributed by atoms with Gasteiger partial charge >= 0.3 is 0 Å². The molecular weight excluding hydrogens is 349 g/mol. The average Bonchev–Trinajstić information content (AvgIpc) is 2.86. The Labute approximate surface area is 159 Å². The van der Waals surface area contributed by atoms with Gasteiger partial charge in [0, 0.05) is 49.9 Å². The van der Waals surface area contributed by atoms with Gasteiger partial charge in [0.05, 0.1) is 12.8 Å². The van der Waals surface area contributed by atoms with Gasteiger partial charge in [0.2, 0.25) is 0 Å². The maximum absolute atomic E-state index is 13.6. The molecule has 1 aromatic carbocycles. The van der Waals surface area contributed by atoms with Crippen molar-refractivity contribution in [3.63, 3.8) is 0 Å². The minimum Gasteiger partial charge on any atom is -0.495 e. The first kappa shape index (κ1) is 19.4. The molecular formula is C20H28FN3O3. The van der Waals surface area contributed by atoms with Gasteiger partial charge in [0.25, 0.3) is 0 Å². The Balaban J connectivity index is 1.52. The minimum atomic E-state index is -0.259. The maximum atomic E-state index is 13.6. The van der Waals surface area contributed by atoms with Crippen molar-refractivity contribution in [2.24, 2.45) is 0 Å². The molecule has 6 nitrogen and oxygen atoms in total. The van der Waals surface area contributed by atoms with Crippen molar-refractivity contribution >= 4 is 5.69 Å². The van der Waals surface area contributed by atoms with Gasteiger partial charge in [-0.2, -0.15) is 0 Å². The summed E-state index contributed by atoms with van der Waals surface area (Å²) in [5.41, 5.74) is 2.25. The van der Waals surface area contributed by atoms with Gasteiger partial charge in [-0.1, -0.05) is 0 Å². The average molecular weight is 377 g/mol. The Bertz CT molecular complexity index is 773. The molecule has 27 heavy (non-hydrogen) atoms. The van der Waals surface area contributed by atoms with Crippen LogP contribution in [0.2, 0.25) is 0 Å². The summed E-state index contributed by atoms with van der Waals surface area (Å²) in [6.45, 7) is 8.42. The maximum Gasteiger partial charge on any atom is 0.197 e. The van der Waals surface area contributed by atoms with E-state index in [2.05, 4.69) is 9.80 Å². The van der Waals surface area contributed by atoms with Gasteiger partial charge < -0.3 is 19.8 Å². The van der Waals surface area contributed by atoms with Crippen LogP contribution in [-0.4, -0.2) is 59.5 Å². The monoisotopic (exact) mass is 377 g/mol. The first-order valence-corrected chi connectivity index (χ1v) is 9.30. The van der Waals surface area contributed by atoms with Crippen LogP contribution in [0.1, 0.15) is 17.5 Å². The van der Waals surface area contributed by atoms with Crippen molar-refractivity contribution in [3.8, 4) is 17.5 Å². The second-order valence-electron chi connectivity index (χ2n) is 7.05. The molecule has 0 bridgehead atoms. The molecule has 1 aliphatic rings. The van der Waals surface area contributed by atoms with Crippen molar-refractivity contribution in [1.29, 1.82) is 0 Å². The van der Waals surface area contributed by atoms with Gasteiger partial charge in [0.15, 0.2) is 11.8 Å². The van der Waals surface area contributed by atoms with Crippen LogP contribution in [0.25, 0.3) is 0 Å². The van der Waals surface area contributed by atoms with Crippen LogP contribution in [-0.2, 0) is 6.54 Å². The molecule has 3 rings (SSSR count). The van der Waals surface area contributed by atoms with Gasteiger partial charge in [-0.15, -0.1) is 0 Å². The molecule has 2 N–H and O–H groups in total. The molecule has 0 saturated carbocycles. The Hall–Kier alpha value is -2.41. The van der Waals surface area contributed by atoms with Crippen molar-refractivity contribution in [1.82, 2.24) is 9.47 Å². The number of rotatable bonds is 6. The number of nitrogens with zero attached hydrogens (tertiary/aromatic N) is 3. The number of anilines is 1. The summed E-state index contributed by atoms with van der Waals surface area (Å²) in [6.07, 6.45) is 0.831. The third kappa shape index (κ3) is 3.98. The zero-order valence-corrected chi connectivity index (χ0v) is 16.2. The fraction of sp³-hybridized carbons (Fsp3) is 0.500. The van der Waals surface area contributed by atoms with E-state index in [0.717, 1.165) is 56.0 Å². The van der Waals surface area contributed by atoms with Crippen molar-refractivity contribution in [3.05, 3.63) is 35.1 Å². The first-order chi connectivity index (χ1) is 12.9. The summed E-state index contributed by atoms with van der Waals surface area (Å²) in [5.74, 6) is 0.723. The lowest BCUT2D eigenvalue weighted by molar-refractivity contribution is 0.245. The lowest BCUT2D eigenvalue weighted by Crippen LogP contribution is -2.46. The van der Waals surface area contributed by atoms with E-state index in [0.29, 0.717) is 12.3 Å². The molecule has 2 heterocycles. The number of aromatic nitrogens is 1. The van der Waals surface area contributed by atoms with Crippen molar-refractivity contribution < 1.29 is 19.3 Å². The smallest absolute Gasteiger partial charge is 0.197 e. The SMILES string of the molecule is COc1ccc(F)cc1N1CCN(CCCn2c(O)c(C)c(C)c2O)CC1. The lowest BCUT2D eigenvalue weighted by atomic mass is 10.2. The van der Waals surface area contributed by atoms with Crippen LogP contribution in [0.3, 0.4) is 0 Å². The highest BCUT2D eigenvalue weighted by Crippen LogP contribution is 2.32. The largest absolute Gasteiger partial charge is 0.495 e. The molecule has 148 valence electrons. The predicted octanol–water partition coefficient (Wildman–Crippen LogP) is 2.88. The Morgan fingerprint density at radius 1 is 1.00 bits per heavy atom. The lowest BCUT2D eigenvalue weighted by Gasteiger charge is -2.36. The van der Waals surface area contributed by atoms with E-state index in [4.69, 9.17) is 4.74 Å². The summed E-state index contributed by atoms with van der Waals surface area (Å²) < 4.78 is 20.5. The molecule has 7 heteroatoms. The third-order valence-corrected chi connectivity index (χ3v) is 5.45. The number of hydrogen-bond donors (Lipinski definition) is 2. The number of halogens is 1. The second kappa shape index (κ2) is 8.08. The number of piperazine rings is 1. The first-order valence-electron chi connectivity index (χ1n) is 9.30. The number of benzene rings is 1. The molecule has 1 aromatic heterocycles.